The molecule has 0 saturated carbocycles. The fraction of sp³-hybridized carbons (Fsp3) is 0.467. The van der Waals surface area contributed by atoms with Gasteiger partial charge in [-0.25, -0.2) is 17.6 Å². The van der Waals surface area contributed by atoms with E-state index in [-0.39, 0.29) is 5.56 Å². The molecule has 0 aliphatic heterocycles. The van der Waals surface area contributed by atoms with E-state index in [1.54, 1.807) is 0 Å². The second-order valence-electron chi connectivity index (χ2n) is 6.36. The summed E-state index contributed by atoms with van der Waals surface area (Å²) in [5.74, 6) is -3.71. The zero-order valence-electron chi connectivity index (χ0n) is 13.4. The monoisotopic (exact) mass is 345 g/mol. The van der Waals surface area contributed by atoms with Gasteiger partial charge in [-0.2, -0.15) is 0 Å². The molecular formula is C15H20FNO5S. The van der Waals surface area contributed by atoms with Crippen molar-refractivity contribution >= 4 is 21.7 Å². The van der Waals surface area contributed by atoms with Gasteiger partial charge in [-0.3, -0.25) is 4.79 Å². The summed E-state index contributed by atoms with van der Waals surface area (Å²) in [6.07, 6.45) is 0. The van der Waals surface area contributed by atoms with Crippen molar-refractivity contribution in [1.29, 1.82) is 0 Å². The summed E-state index contributed by atoms with van der Waals surface area (Å²) < 4.78 is 35.9. The number of carbonyl (C=O) groups excluding carboxylic acids is 1. The first-order chi connectivity index (χ1) is 10.3. The minimum absolute atomic E-state index is 0.132. The number of aliphatic carboxylic acids is 1. The number of carbonyl (C=O) groups is 2. The molecule has 1 atom stereocenters. The van der Waals surface area contributed by atoms with Crippen molar-refractivity contribution in [3.63, 3.8) is 0 Å². The van der Waals surface area contributed by atoms with Gasteiger partial charge < -0.3 is 10.4 Å². The van der Waals surface area contributed by atoms with Gasteiger partial charge in [0.1, 0.15) is 11.6 Å². The Kier molecular flexibility index (Phi) is 5.20. The van der Waals surface area contributed by atoms with Crippen LogP contribution in [0.25, 0.3) is 0 Å². The first kappa shape index (κ1) is 19.1. The van der Waals surface area contributed by atoms with Crippen LogP contribution in [0.15, 0.2) is 24.3 Å². The molecule has 0 heterocycles. The first-order valence-corrected chi connectivity index (χ1v) is 8.47. The molecule has 0 fully saturated rings. The lowest BCUT2D eigenvalue weighted by Crippen LogP contribution is -2.52. The van der Waals surface area contributed by atoms with Gasteiger partial charge in [-0.15, -0.1) is 0 Å². The molecule has 1 amide bonds. The summed E-state index contributed by atoms with van der Waals surface area (Å²) in [6, 6.07) is 4.58. The molecule has 0 spiro atoms. The number of carboxylic acids is 1. The highest BCUT2D eigenvalue weighted by Crippen LogP contribution is 2.22. The van der Waals surface area contributed by atoms with E-state index in [0.29, 0.717) is 0 Å². The number of nitrogens with one attached hydrogen (secondary N) is 1. The molecule has 8 heteroatoms. The van der Waals surface area contributed by atoms with E-state index in [9.17, 15) is 27.5 Å². The third-order valence-electron chi connectivity index (χ3n) is 3.49. The van der Waals surface area contributed by atoms with Crippen molar-refractivity contribution in [2.75, 3.05) is 5.75 Å². The van der Waals surface area contributed by atoms with Gasteiger partial charge in [0, 0.05) is 0 Å². The summed E-state index contributed by atoms with van der Waals surface area (Å²) in [4.78, 5) is 23.6. The van der Waals surface area contributed by atoms with Gasteiger partial charge in [-0.1, -0.05) is 12.1 Å². The number of amides is 1. The quantitative estimate of drug-likeness (QED) is 0.841. The molecule has 1 unspecified atom stereocenters. The maximum atomic E-state index is 13.0. The fourth-order valence-electron chi connectivity index (χ4n) is 1.74. The molecule has 0 saturated heterocycles. The minimum Gasteiger partial charge on any atom is -0.479 e. The van der Waals surface area contributed by atoms with Crippen molar-refractivity contribution in [1.82, 2.24) is 5.32 Å². The molecule has 0 bridgehead atoms. The molecule has 1 rings (SSSR count). The average Bonchev–Trinajstić information content (AvgIpc) is 2.36. The van der Waals surface area contributed by atoms with Crippen molar-refractivity contribution in [2.45, 2.75) is 38.0 Å². The van der Waals surface area contributed by atoms with Crippen molar-refractivity contribution < 1.29 is 27.5 Å². The number of hydrogen-bond donors (Lipinski definition) is 2. The third kappa shape index (κ3) is 4.28. The Bertz CT molecular complexity index is 706. The van der Waals surface area contributed by atoms with Crippen LogP contribution in [-0.2, 0) is 25.0 Å². The Morgan fingerprint density at radius 3 is 2.00 bits per heavy atom. The highest BCUT2D eigenvalue weighted by Gasteiger charge is 2.39. The molecule has 23 heavy (non-hydrogen) atoms. The van der Waals surface area contributed by atoms with Gasteiger partial charge in [0.15, 0.2) is 15.4 Å². The van der Waals surface area contributed by atoms with Gasteiger partial charge >= 0.3 is 5.97 Å². The van der Waals surface area contributed by atoms with Crippen molar-refractivity contribution in [2.24, 2.45) is 0 Å². The van der Waals surface area contributed by atoms with Crippen LogP contribution in [0.5, 0.6) is 0 Å². The minimum atomic E-state index is -3.75. The standard InChI is InChI=1S/C15H20FNO5S/c1-14(2,3)23(21,22)9-12(18)17-15(4,13(19)20)10-5-7-11(16)8-6-10/h5-8H,9H2,1-4H3,(H,17,18)(H,19,20). The predicted molar refractivity (Wildman–Crippen MR) is 83.1 cm³/mol. The van der Waals surface area contributed by atoms with Crippen LogP contribution in [0, 0.1) is 5.82 Å². The predicted octanol–water partition coefficient (Wildman–Crippen LogP) is 1.46. The van der Waals surface area contributed by atoms with Crippen LogP contribution >= 0.6 is 0 Å². The fourth-order valence-corrected chi connectivity index (χ4v) is 2.59. The summed E-state index contributed by atoms with van der Waals surface area (Å²) in [5, 5.41) is 11.6. The van der Waals surface area contributed by atoms with Gasteiger partial charge in [0.05, 0.1) is 4.75 Å². The van der Waals surface area contributed by atoms with Crippen molar-refractivity contribution in [3.8, 4) is 0 Å². The number of sulfone groups is 1. The largest absolute Gasteiger partial charge is 0.479 e. The van der Waals surface area contributed by atoms with Crippen LogP contribution in [0.4, 0.5) is 4.39 Å². The van der Waals surface area contributed by atoms with Gasteiger partial charge in [-0.05, 0) is 45.4 Å². The van der Waals surface area contributed by atoms with Gasteiger partial charge in [0.2, 0.25) is 5.91 Å². The maximum absolute atomic E-state index is 13.0. The molecule has 0 aliphatic rings. The molecule has 1 aromatic carbocycles. The Morgan fingerprint density at radius 2 is 1.61 bits per heavy atom. The molecule has 0 aliphatic carbocycles. The molecule has 128 valence electrons. The number of hydrogen-bond acceptors (Lipinski definition) is 4. The summed E-state index contributed by atoms with van der Waals surface area (Å²) >= 11 is 0. The van der Waals surface area contributed by atoms with Crippen LogP contribution < -0.4 is 5.32 Å². The topological polar surface area (TPSA) is 101 Å². The second kappa shape index (κ2) is 6.27. The third-order valence-corrected chi connectivity index (χ3v) is 6.00. The Morgan fingerprint density at radius 1 is 1.13 bits per heavy atom. The van der Waals surface area contributed by atoms with E-state index >= 15 is 0 Å². The van der Waals surface area contributed by atoms with Crippen LogP contribution in [0.2, 0.25) is 0 Å². The summed E-state index contributed by atoms with van der Waals surface area (Å²) in [6.45, 7) is 5.56. The van der Waals surface area contributed by atoms with Crippen LogP contribution in [0.1, 0.15) is 33.3 Å². The molecule has 2 N–H and O–H groups in total. The zero-order chi connectivity index (χ0) is 18.1. The Labute approximate surface area is 134 Å². The van der Waals surface area contributed by atoms with E-state index in [2.05, 4.69) is 5.32 Å². The smallest absolute Gasteiger partial charge is 0.333 e. The Balaban J connectivity index is 3.08. The van der Waals surface area contributed by atoms with Crippen molar-refractivity contribution in [3.05, 3.63) is 35.6 Å². The van der Waals surface area contributed by atoms with E-state index in [0.717, 1.165) is 12.1 Å². The second-order valence-corrected chi connectivity index (χ2v) is 9.10. The van der Waals surface area contributed by atoms with Crippen LogP contribution in [-0.4, -0.2) is 35.9 Å². The molecular weight excluding hydrogens is 325 g/mol. The maximum Gasteiger partial charge on any atom is 0.333 e. The molecule has 1 aromatic rings. The summed E-state index contributed by atoms with van der Waals surface area (Å²) in [5.41, 5.74) is -1.73. The van der Waals surface area contributed by atoms with Crippen LogP contribution in [0.3, 0.4) is 0 Å². The van der Waals surface area contributed by atoms with E-state index in [1.807, 2.05) is 0 Å². The highest BCUT2D eigenvalue weighted by molar-refractivity contribution is 7.93. The highest BCUT2D eigenvalue weighted by atomic mass is 32.2. The molecule has 0 aromatic heterocycles. The first-order valence-electron chi connectivity index (χ1n) is 6.82. The summed E-state index contributed by atoms with van der Waals surface area (Å²) in [7, 11) is -3.75. The Hall–Kier alpha value is -1.96. The van der Waals surface area contributed by atoms with E-state index in [1.165, 1.54) is 39.8 Å². The SMILES string of the molecule is CC(NC(=O)CS(=O)(=O)C(C)(C)C)(C(=O)O)c1ccc(F)cc1. The van der Waals surface area contributed by atoms with E-state index in [4.69, 9.17) is 0 Å². The molecule has 6 nitrogen and oxygen atoms in total. The average molecular weight is 345 g/mol. The number of benzene rings is 1. The normalized spacial score (nSPS) is 14.8. The molecule has 0 radical (unpaired) electrons. The number of rotatable bonds is 5. The lowest BCUT2D eigenvalue weighted by atomic mass is 9.92. The zero-order valence-corrected chi connectivity index (χ0v) is 14.2. The van der Waals surface area contributed by atoms with E-state index < -0.39 is 43.6 Å². The lowest BCUT2D eigenvalue weighted by Gasteiger charge is -2.27. The number of halogens is 1. The van der Waals surface area contributed by atoms with Gasteiger partial charge in [0.25, 0.3) is 0 Å². The number of carboxylic acid groups (broad SMARTS) is 1. The lowest BCUT2D eigenvalue weighted by molar-refractivity contribution is -0.147.